The van der Waals surface area contributed by atoms with E-state index in [1.165, 1.54) is 0 Å². The first-order valence-electron chi connectivity index (χ1n) is 4.98. The van der Waals surface area contributed by atoms with Crippen LogP contribution in [0.5, 0.6) is 0 Å². The summed E-state index contributed by atoms with van der Waals surface area (Å²) in [4.78, 5) is 0. The number of furan rings is 1. The van der Waals surface area contributed by atoms with E-state index in [9.17, 15) is 0 Å². The van der Waals surface area contributed by atoms with Crippen molar-refractivity contribution in [3.63, 3.8) is 0 Å². The molecule has 0 aliphatic heterocycles. The third-order valence-electron chi connectivity index (χ3n) is 2.52. The molecule has 90 valence electrons. The van der Waals surface area contributed by atoms with E-state index in [4.69, 9.17) is 39.2 Å². The van der Waals surface area contributed by atoms with Crippen molar-refractivity contribution >= 4 is 34.8 Å². The summed E-state index contributed by atoms with van der Waals surface area (Å²) >= 11 is 17.9. The zero-order valence-electron chi connectivity index (χ0n) is 9.01. The Morgan fingerprint density at radius 2 is 1.88 bits per heavy atom. The number of hydrogen-bond donors (Lipinski definition) is 1. The number of rotatable bonds is 3. The molecule has 0 fully saturated rings. The Morgan fingerprint density at radius 1 is 1.12 bits per heavy atom. The molecular formula is C12H10Cl3NO. The molecule has 17 heavy (non-hydrogen) atoms. The molecule has 0 spiro atoms. The molecule has 5 heteroatoms. The summed E-state index contributed by atoms with van der Waals surface area (Å²) in [6, 6.07) is 7.23. The van der Waals surface area contributed by atoms with Crippen molar-refractivity contribution in [2.75, 3.05) is 7.05 Å². The van der Waals surface area contributed by atoms with Crippen LogP contribution >= 0.6 is 34.8 Å². The highest BCUT2D eigenvalue weighted by atomic mass is 35.5. The first kappa shape index (κ1) is 12.8. The van der Waals surface area contributed by atoms with E-state index in [2.05, 4.69) is 5.32 Å². The second-order valence-corrected chi connectivity index (χ2v) is 4.70. The molecule has 0 bridgehead atoms. The minimum Gasteiger partial charge on any atom is -0.453 e. The summed E-state index contributed by atoms with van der Waals surface area (Å²) < 4.78 is 5.09. The van der Waals surface area contributed by atoms with Crippen LogP contribution in [-0.4, -0.2) is 7.05 Å². The van der Waals surface area contributed by atoms with E-state index < -0.39 is 0 Å². The van der Waals surface area contributed by atoms with Gasteiger partial charge in [0.25, 0.3) is 0 Å². The van der Waals surface area contributed by atoms with Gasteiger partial charge in [-0.05, 0) is 42.4 Å². The molecule has 0 amide bonds. The predicted molar refractivity (Wildman–Crippen MR) is 71.1 cm³/mol. The molecule has 1 aromatic heterocycles. The molecule has 1 atom stereocenters. The lowest BCUT2D eigenvalue weighted by molar-refractivity contribution is 0.559. The van der Waals surface area contributed by atoms with Crippen molar-refractivity contribution in [1.29, 1.82) is 0 Å². The molecular weight excluding hydrogens is 280 g/mol. The van der Waals surface area contributed by atoms with Crippen LogP contribution in [0.15, 0.2) is 34.9 Å². The normalized spacial score (nSPS) is 12.7. The Labute approximate surface area is 114 Å². The fourth-order valence-electron chi connectivity index (χ4n) is 1.70. The van der Waals surface area contributed by atoms with Crippen molar-refractivity contribution < 1.29 is 4.42 Å². The largest absolute Gasteiger partial charge is 0.453 e. The van der Waals surface area contributed by atoms with Crippen molar-refractivity contribution in [1.82, 2.24) is 5.32 Å². The fraction of sp³-hybridized carbons (Fsp3) is 0.167. The average Bonchev–Trinajstić information content (AvgIpc) is 2.71. The first-order valence-corrected chi connectivity index (χ1v) is 6.12. The van der Waals surface area contributed by atoms with E-state index in [0.717, 1.165) is 11.1 Å². The van der Waals surface area contributed by atoms with Crippen molar-refractivity contribution in [3.05, 3.63) is 56.9 Å². The standard InChI is InChI=1S/C12H10Cl3NO/c1-16-11(8-4-5-17-12(8)15)7-2-3-9(13)10(14)6-7/h2-6,11,16H,1H3. The highest BCUT2D eigenvalue weighted by Crippen LogP contribution is 2.32. The molecule has 0 radical (unpaired) electrons. The molecule has 1 N–H and O–H groups in total. The number of halogens is 3. The van der Waals surface area contributed by atoms with Gasteiger partial charge in [-0.3, -0.25) is 0 Å². The van der Waals surface area contributed by atoms with Gasteiger partial charge in [0.15, 0.2) is 5.22 Å². The molecule has 0 saturated carbocycles. The summed E-state index contributed by atoms with van der Waals surface area (Å²) in [7, 11) is 1.84. The molecule has 2 rings (SSSR count). The minimum absolute atomic E-state index is 0.0731. The maximum atomic E-state index is 6.00. The van der Waals surface area contributed by atoms with Crippen molar-refractivity contribution in [2.24, 2.45) is 0 Å². The summed E-state index contributed by atoms with van der Waals surface area (Å²) in [5, 5.41) is 4.58. The molecule has 1 aromatic carbocycles. The second kappa shape index (κ2) is 5.32. The van der Waals surface area contributed by atoms with Crippen LogP contribution < -0.4 is 5.32 Å². The van der Waals surface area contributed by atoms with Gasteiger partial charge in [0, 0.05) is 5.56 Å². The SMILES string of the molecule is CNC(c1ccc(Cl)c(Cl)c1)c1ccoc1Cl. The van der Waals surface area contributed by atoms with Crippen molar-refractivity contribution in [2.45, 2.75) is 6.04 Å². The fourth-order valence-corrected chi connectivity index (χ4v) is 2.23. The smallest absolute Gasteiger partial charge is 0.198 e. The van der Waals surface area contributed by atoms with E-state index in [1.807, 2.05) is 25.2 Å². The van der Waals surface area contributed by atoms with Crippen LogP contribution in [0, 0.1) is 0 Å². The van der Waals surface area contributed by atoms with Crippen LogP contribution in [0.1, 0.15) is 17.2 Å². The number of benzene rings is 1. The maximum absolute atomic E-state index is 6.00. The zero-order chi connectivity index (χ0) is 12.4. The van der Waals surface area contributed by atoms with Gasteiger partial charge in [-0.2, -0.15) is 0 Å². The first-order chi connectivity index (χ1) is 8.13. The lowest BCUT2D eigenvalue weighted by Crippen LogP contribution is -2.17. The molecule has 1 unspecified atom stereocenters. The van der Waals surface area contributed by atoms with Gasteiger partial charge >= 0.3 is 0 Å². The highest BCUT2D eigenvalue weighted by Gasteiger charge is 2.18. The number of nitrogens with one attached hydrogen (secondary N) is 1. The Kier molecular flexibility index (Phi) is 4.00. The van der Waals surface area contributed by atoms with E-state index in [1.54, 1.807) is 12.3 Å². The summed E-state index contributed by atoms with van der Waals surface area (Å²) in [6.45, 7) is 0. The molecule has 2 nitrogen and oxygen atoms in total. The van der Waals surface area contributed by atoms with Gasteiger partial charge in [0.2, 0.25) is 0 Å². The van der Waals surface area contributed by atoms with Crippen LogP contribution in [-0.2, 0) is 0 Å². The Balaban J connectivity index is 2.42. The topological polar surface area (TPSA) is 25.2 Å². The molecule has 0 aliphatic carbocycles. The van der Waals surface area contributed by atoms with Gasteiger partial charge in [-0.25, -0.2) is 0 Å². The predicted octanol–water partition coefficient (Wildman–Crippen LogP) is 4.55. The van der Waals surface area contributed by atoms with Gasteiger partial charge < -0.3 is 9.73 Å². The number of hydrogen-bond acceptors (Lipinski definition) is 2. The lowest BCUT2D eigenvalue weighted by atomic mass is 10.0. The van der Waals surface area contributed by atoms with Gasteiger partial charge in [-0.1, -0.05) is 29.3 Å². The third-order valence-corrected chi connectivity index (χ3v) is 3.57. The van der Waals surface area contributed by atoms with Gasteiger partial charge in [-0.15, -0.1) is 0 Å². The Bertz CT molecular complexity index is 524. The quantitative estimate of drug-likeness (QED) is 0.897. The minimum atomic E-state index is -0.0731. The average molecular weight is 291 g/mol. The van der Waals surface area contributed by atoms with Crippen molar-refractivity contribution in [3.8, 4) is 0 Å². The molecule has 0 saturated heterocycles. The highest BCUT2D eigenvalue weighted by molar-refractivity contribution is 6.42. The molecule has 1 heterocycles. The van der Waals surface area contributed by atoms with Gasteiger partial charge in [0.1, 0.15) is 0 Å². The summed E-state index contributed by atoms with van der Waals surface area (Å²) in [6.07, 6.45) is 1.56. The Morgan fingerprint density at radius 3 is 2.41 bits per heavy atom. The van der Waals surface area contributed by atoms with Crippen LogP contribution in [0.2, 0.25) is 15.3 Å². The van der Waals surface area contributed by atoms with Crippen LogP contribution in [0.3, 0.4) is 0 Å². The van der Waals surface area contributed by atoms with Gasteiger partial charge in [0.05, 0.1) is 22.4 Å². The third kappa shape index (κ3) is 2.61. The monoisotopic (exact) mass is 289 g/mol. The Hall–Kier alpha value is -0.670. The summed E-state index contributed by atoms with van der Waals surface area (Å²) in [5.41, 5.74) is 1.85. The van der Waals surface area contributed by atoms with Crippen LogP contribution in [0.25, 0.3) is 0 Å². The summed E-state index contributed by atoms with van der Waals surface area (Å²) in [5.74, 6) is 0. The van der Waals surface area contributed by atoms with E-state index >= 15 is 0 Å². The maximum Gasteiger partial charge on any atom is 0.198 e. The zero-order valence-corrected chi connectivity index (χ0v) is 11.3. The van der Waals surface area contributed by atoms with E-state index in [-0.39, 0.29) is 6.04 Å². The molecule has 2 aromatic rings. The van der Waals surface area contributed by atoms with Crippen LogP contribution in [0.4, 0.5) is 0 Å². The lowest BCUT2D eigenvalue weighted by Gasteiger charge is -2.16. The van der Waals surface area contributed by atoms with E-state index in [0.29, 0.717) is 15.3 Å². The second-order valence-electron chi connectivity index (χ2n) is 3.54. The molecule has 0 aliphatic rings.